The summed E-state index contributed by atoms with van der Waals surface area (Å²) in [5, 5.41) is 18.8. The first-order chi connectivity index (χ1) is 9.88. The molecule has 2 N–H and O–H groups in total. The lowest BCUT2D eigenvalue weighted by Gasteiger charge is -2.23. The van der Waals surface area contributed by atoms with Crippen LogP contribution in [0, 0.1) is 5.92 Å². The number of alkyl halides is 3. The van der Waals surface area contributed by atoms with Gasteiger partial charge in [-0.15, -0.1) is 10.2 Å². The van der Waals surface area contributed by atoms with Gasteiger partial charge in [-0.3, -0.25) is 4.79 Å². The predicted octanol–water partition coefficient (Wildman–Crippen LogP) is 2.94. The molecule has 1 saturated carbocycles. The fraction of sp³-hybridized carbons (Fsp3) is 0.615. The number of aromatic nitrogens is 2. The first-order valence-corrected chi connectivity index (χ1v) is 6.78. The zero-order valence-electron chi connectivity index (χ0n) is 11.2. The van der Waals surface area contributed by atoms with Crippen molar-refractivity contribution in [2.45, 2.75) is 44.3 Å². The first kappa shape index (κ1) is 15.5. The minimum absolute atomic E-state index is 0.168. The van der Waals surface area contributed by atoms with Crippen LogP contribution < -0.4 is 5.32 Å². The topological polar surface area (TPSA) is 75.1 Å². The number of carbonyl (C=O) groups is 1. The van der Waals surface area contributed by atoms with E-state index in [0.717, 1.165) is 25.3 Å². The van der Waals surface area contributed by atoms with Crippen molar-refractivity contribution >= 4 is 11.8 Å². The quantitative estimate of drug-likeness (QED) is 0.840. The summed E-state index contributed by atoms with van der Waals surface area (Å²) >= 11 is 0. The van der Waals surface area contributed by atoms with E-state index in [4.69, 9.17) is 0 Å². The molecule has 2 atom stereocenters. The van der Waals surface area contributed by atoms with Gasteiger partial charge in [0, 0.05) is 6.04 Å². The van der Waals surface area contributed by atoms with Crippen LogP contribution in [0.15, 0.2) is 12.1 Å². The van der Waals surface area contributed by atoms with Crippen LogP contribution in [0.4, 0.5) is 19.0 Å². The van der Waals surface area contributed by atoms with Crippen molar-refractivity contribution in [1.82, 2.24) is 10.2 Å². The van der Waals surface area contributed by atoms with Crippen LogP contribution in [-0.4, -0.2) is 27.3 Å². The Hall–Kier alpha value is -1.86. The highest BCUT2D eigenvalue weighted by Crippen LogP contribution is 2.29. The molecule has 0 amide bonds. The molecule has 8 heteroatoms. The maximum atomic E-state index is 12.4. The van der Waals surface area contributed by atoms with E-state index in [0.29, 0.717) is 12.8 Å². The van der Waals surface area contributed by atoms with Gasteiger partial charge in [0.25, 0.3) is 0 Å². The number of halogens is 3. The van der Waals surface area contributed by atoms with E-state index in [1.165, 1.54) is 6.07 Å². The summed E-state index contributed by atoms with van der Waals surface area (Å²) in [7, 11) is 0. The van der Waals surface area contributed by atoms with Gasteiger partial charge in [-0.2, -0.15) is 13.2 Å². The molecule has 2 unspecified atom stereocenters. The van der Waals surface area contributed by atoms with Crippen LogP contribution in [0.2, 0.25) is 0 Å². The fourth-order valence-corrected chi connectivity index (χ4v) is 2.53. The number of rotatable bonds is 3. The zero-order chi connectivity index (χ0) is 15.5. The Kier molecular flexibility index (Phi) is 4.64. The molecular formula is C13H16F3N3O2. The molecule has 2 rings (SSSR count). The predicted molar refractivity (Wildman–Crippen MR) is 68.7 cm³/mol. The van der Waals surface area contributed by atoms with Crippen LogP contribution >= 0.6 is 0 Å². The lowest BCUT2D eigenvalue weighted by Crippen LogP contribution is -2.34. The van der Waals surface area contributed by atoms with Crippen LogP contribution in [0.3, 0.4) is 0 Å². The van der Waals surface area contributed by atoms with Crippen LogP contribution in [0.25, 0.3) is 0 Å². The highest BCUT2D eigenvalue weighted by atomic mass is 19.4. The molecular weight excluding hydrogens is 287 g/mol. The Labute approximate surface area is 119 Å². The fourth-order valence-electron chi connectivity index (χ4n) is 2.53. The normalized spacial score (nSPS) is 23.4. The number of carboxylic acid groups (broad SMARTS) is 1. The molecule has 0 saturated heterocycles. The van der Waals surface area contributed by atoms with E-state index in [9.17, 15) is 23.1 Å². The summed E-state index contributed by atoms with van der Waals surface area (Å²) in [6.45, 7) is 0. The Balaban J connectivity index is 2.09. The van der Waals surface area contributed by atoms with Gasteiger partial charge in [0.1, 0.15) is 5.82 Å². The van der Waals surface area contributed by atoms with Crippen LogP contribution in [0.1, 0.15) is 37.8 Å². The van der Waals surface area contributed by atoms with Crippen LogP contribution in [-0.2, 0) is 11.0 Å². The third kappa shape index (κ3) is 4.05. The third-order valence-electron chi connectivity index (χ3n) is 3.62. The Morgan fingerprint density at radius 3 is 2.48 bits per heavy atom. The standard InChI is InChI=1S/C13H16F3N3O2/c14-13(15,16)10-6-7-11(19-18-10)17-9-5-3-1-2-4-8(9)12(20)21/h6-9H,1-5H2,(H,17,19)(H,20,21). The van der Waals surface area contributed by atoms with Crippen molar-refractivity contribution in [2.24, 2.45) is 5.92 Å². The number of carboxylic acids is 1. The summed E-state index contributed by atoms with van der Waals surface area (Å²) in [4.78, 5) is 11.3. The lowest BCUT2D eigenvalue weighted by atomic mass is 9.95. The minimum atomic E-state index is -4.53. The van der Waals surface area contributed by atoms with E-state index < -0.39 is 23.8 Å². The highest BCUT2D eigenvalue weighted by Gasteiger charge is 2.33. The third-order valence-corrected chi connectivity index (χ3v) is 3.62. The molecule has 1 aromatic heterocycles. The summed E-state index contributed by atoms with van der Waals surface area (Å²) in [6, 6.07) is 1.68. The molecule has 0 aromatic carbocycles. The van der Waals surface area contributed by atoms with Gasteiger partial charge < -0.3 is 10.4 Å². The summed E-state index contributed by atoms with van der Waals surface area (Å²) in [5.41, 5.74) is -1.07. The van der Waals surface area contributed by atoms with Gasteiger partial charge >= 0.3 is 12.1 Å². The molecule has 0 spiro atoms. The van der Waals surface area contributed by atoms with E-state index in [-0.39, 0.29) is 11.9 Å². The van der Waals surface area contributed by atoms with Gasteiger partial charge in [-0.05, 0) is 25.0 Å². The lowest BCUT2D eigenvalue weighted by molar-refractivity contribution is -0.142. The van der Waals surface area contributed by atoms with Crippen molar-refractivity contribution in [3.63, 3.8) is 0 Å². The van der Waals surface area contributed by atoms with E-state index in [1.54, 1.807) is 0 Å². The number of aliphatic carboxylic acids is 1. The first-order valence-electron chi connectivity index (χ1n) is 6.78. The number of anilines is 1. The molecule has 0 bridgehead atoms. The van der Waals surface area contributed by atoms with Gasteiger partial charge in [0.15, 0.2) is 5.69 Å². The Bertz CT molecular complexity index is 490. The average molecular weight is 303 g/mol. The van der Waals surface area contributed by atoms with Gasteiger partial charge in [-0.1, -0.05) is 19.3 Å². The van der Waals surface area contributed by atoms with E-state index >= 15 is 0 Å². The largest absolute Gasteiger partial charge is 0.481 e. The maximum Gasteiger partial charge on any atom is 0.435 e. The molecule has 1 heterocycles. The Morgan fingerprint density at radius 1 is 1.19 bits per heavy atom. The number of hydrogen-bond donors (Lipinski definition) is 2. The second-order valence-electron chi connectivity index (χ2n) is 5.14. The zero-order valence-corrected chi connectivity index (χ0v) is 11.2. The second-order valence-corrected chi connectivity index (χ2v) is 5.14. The maximum absolute atomic E-state index is 12.4. The van der Waals surface area contributed by atoms with E-state index in [2.05, 4.69) is 15.5 Å². The SMILES string of the molecule is O=C(O)C1CCCCCC1Nc1ccc(C(F)(F)F)nn1. The molecule has 1 fully saturated rings. The second kappa shape index (κ2) is 6.28. The molecule has 0 aliphatic heterocycles. The van der Waals surface area contributed by atoms with Gasteiger partial charge in [0.2, 0.25) is 0 Å². The molecule has 0 radical (unpaired) electrons. The number of nitrogens with one attached hydrogen (secondary N) is 1. The Morgan fingerprint density at radius 2 is 1.90 bits per heavy atom. The van der Waals surface area contributed by atoms with Crippen molar-refractivity contribution in [3.8, 4) is 0 Å². The van der Waals surface area contributed by atoms with Crippen LogP contribution in [0.5, 0.6) is 0 Å². The summed E-state index contributed by atoms with van der Waals surface area (Å²) in [6.07, 6.45) is -0.637. The summed E-state index contributed by atoms with van der Waals surface area (Å²) < 4.78 is 37.2. The molecule has 1 aliphatic carbocycles. The smallest absolute Gasteiger partial charge is 0.435 e. The molecule has 116 valence electrons. The number of nitrogens with zero attached hydrogens (tertiary/aromatic N) is 2. The highest BCUT2D eigenvalue weighted by molar-refractivity contribution is 5.71. The summed E-state index contributed by atoms with van der Waals surface area (Å²) in [5.74, 6) is -1.29. The molecule has 1 aliphatic rings. The number of hydrogen-bond acceptors (Lipinski definition) is 4. The van der Waals surface area contributed by atoms with Gasteiger partial charge in [0.05, 0.1) is 5.92 Å². The van der Waals surface area contributed by atoms with E-state index in [1.807, 2.05) is 0 Å². The minimum Gasteiger partial charge on any atom is -0.481 e. The monoisotopic (exact) mass is 303 g/mol. The van der Waals surface area contributed by atoms with Crippen molar-refractivity contribution in [3.05, 3.63) is 17.8 Å². The van der Waals surface area contributed by atoms with Crippen molar-refractivity contribution in [1.29, 1.82) is 0 Å². The molecule has 5 nitrogen and oxygen atoms in total. The average Bonchev–Trinajstić information content (AvgIpc) is 2.64. The molecule has 21 heavy (non-hydrogen) atoms. The van der Waals surface area contributed by atoms with Crippen molar-refractivity contribution < 1.29 is 23.1 Å². The van der Waals surface area contributed by atoms with Crippen molar-refractivity contribution in [2.75, 3.05) is 5.32 Å². The molecule has 1 aromatic rings. The van der Waals surface area contributed by atoms with Gasteiger partial charge in [-0.25, -0.2) is 0 Å².